The summed E-state index contributed by atoms with van der Waals surface area (Å²) in [6.07, 6.45) is 1.75. The van der Waals surface area contributed by atoms with Crippen molar-refractivity contribution >= 4 is 29.3 Å². The standard InChI is InChI=1S/C16H19N3O5/c1-23-13-8-11(4-5-12(13)19-6-7-24-16(19)22)18-15(21)14(20)17-9-10-2-3-10/h4-5,8,10H,2-3,6-7,9H2,1H3,(H,17,20)(H,18,21). The molecule has 1 aromatic rings. The largest absolute Gasteiger partial charge is 0.494 e. The molecule has 2 fully saturated rings. The second-order valence-corrected chi connectivity index (χ2v) is 5.76. The van der Waals surface area contributed by atoms with Crippen molar-refractivity contribution in [2.45, 2.75) is 12.8 Å². The summed E-state index contributed by atoms with van der Waals surface area (Å²) in [5.41, 5.74) is 0.964. The zero-order chi connectivity index (χ0) is 17.1. The van der Waals surface area contributed by atoms with Gasteiger partial charge in [-0.2, -0.15) is 0 Å². The number of hydrogen-bond donors (Lipinski definition) is 2. The highest BCUT2D eigenvalue weighted by Gasteiger charge is 2.27. The SMILES string of the molecule is COc1cc(NC(=O)C(=O)NCC2CC2)ccc1N1CCOC1=O. The summed E-state index contributed by atoms with van der Waals surface area (Å²) in [5, 5.41) is 5.13. The number of amides is 3. The molecule has 1 saturated heterocycles. The number of nitrogens with zero attached hydrogens (tertiary/aromatic N) is 1. The van der Waals surface area contributed by atoms with Crippen molar-refractivity contribution in [3.8, 4) is 5.75 Å². The van der Waals surface area contributed by atoms with Crippen molar-refractivity contribution in [3.63, 3.8) is 0 Å². The van der Waals surface area contributed by atoms with E-state index < -0.39 is 17.9 Å². The average molecular weight is 333 g/mol. The van der Waals surface area contributed by atoms with E-state index in [-0.39, 0.29) is 0 Å². The van der Waals surface area contributed by atoms with Crippen LogP contribution < -0.4 is 20.3 Å². The third-order valence-corrected chi connectivity index (χ3v) is 3.94. The molecular weight excluding hydrogens is 314 g/mol. The summed E-state index contributed by atoms with van der Waals surface area (Å²) in [6, 6.07) is 4.81. The zero-order valence-corrected chi connectivity index (χ0v) is 13.3. The molecular formula is C16H19N3O5. The number of carbonyl (C=O) groups excluding carboxylic acids is 3. The molecule has 0 radical (unpaired) electrons. The van der Waals surface area contributed by atoms with Crippen molar-refractivity contribution in [1.29, 1.82) is 0 Å². The lowest BCUT2D eigenvalue weighted by Crippen LogP contribution is -2.36. The molecule has 0 bridgehead atoms. The summed E-state index contributed by atoms with van der Waals surface area (Å²) >= 11 is 0. The molecule has 1 saturated carbocycles. The summed E-state index contributed by atoms with van der Waals surface area (Å²) in [4.78, 5) is 36.7. The molecule has 3 rings (SSSR count). The van der Waals surface area contributed by atoms with E-state index in [1.165, 1.54) is 12.0 Å². The Bertz CT molecular complexity index is 672. The first-order chi connectivity index (χ1) is 11.6. The van der Waals surface area contributed by atoms with Gasteiger partial charge in [0.2, 0.25) is 0 Å². The summed E-state index contributed by atoms with van der Waals surface area (Å²) in [5.74, 6) is -0.481. The van der Waals surface area contributed by atoms with Crippen molar-refractivity contribution in [3.05, 3.63) is 18.2 Å². The van der Waals surface area contributed by atoms with Crippen molar-refractivity contribution in [1.82, 2.24) is 5.32 Å². The van der Waals surface area contributed by atoms with E-state index in [0.717, 1.165) is 12.8 Å². The van der Waals surface area contributed by atoms with Gasteiger partial charge in [0, 0.05) is 18.3 Å². The van der Waals surface area contributed by atoms with E-state index in [1.54, 1.807) is 18.2 Å². The number of anilines is 2. The Kier molecular flexibility index (Phi) is 4.54. The van der Waals surface area contributed by atoms with E-state index in [9.17, 15) is 14.4 Å². The van der Waals surface area contributed by atoms with Gasteiger partial charge in [-0.15, -0.1) is 0 Å². The smallest absolute Gasteiger partial charge is 0.414 e. The maximum atomic E-state index is 11.9. The minimum absolute atomic E-state index is 0.321. The van der Waals surface area contributed by atoms with E-state index >= 15 is 0 Å². The third-order valence-electron chi connectivity index (χ3n) is 3.94. The van der Waals surface area contributed by atoms with E-state index in [4.69, 9.17) is 9.47 Å². The maximum Gasteiger partial charge on any atom is 0.414 e. The van der Waals surface area contributed by atoms with Gasteiger partial charge in [0.25, 0.3) is 0 Å². The number of methoxy groups -OCH3 is 1. The molecule has 1 aliphatic heterocycles. The Morgan fingerprint density at radius 1 is 1.33 bits per heavy atom. The Hall–Kier alpha value is -2.77. The van der Waals surface area contributed by atoms with Crippen LogP contribution in [0, 0.1) is 5.92 Å². The van der Waals surface area contributed by atoms with Crippen LogP contribution in [-0.4, -0.2) is 44.7 Å². The number of carbonyl (C=O) groups is 3. The fraction of sp³-hybridized carbons (Fsp3) is 0.438. The fourth-order valence-electron chi connectivity index (χ4n) is 2.42. The van der Waals surface area contributed by atoms with Crippen molar-refractivity contribution < 1.29 is 23.9 Å². The van der Waals surface area contributed by atoms with Crippen LogP contribution in [-0.2, 0) is 14.3 Å². The Labute approximate surface area is 139 Å². The topological polar surface area (TPSA) is 97.0 Å². The van der Waals surface area contributed by atoms with Crippen LogP contribution in [0.5, 0.6) is 5.75 Å². The van der Waals surface area contributed by atoms with Crippen LogP contribution in [0.2, 0.25) is 0 Å². The van der Waals surface area contributed by atoms with E-state index in [1.807, 2.05) is 0 Å². The van der Waals surface area contributed by atoms with Crippen LogP contribution in [0.4, 0.5) is 16.2 Å². The van der Waals surface area contributed by atoms with Gasteiger partial charge in [0.1, 0.15) is 12.4 Å². The second kappa shape index (κ2) is 6.77. The maximum absolute atomic E-state index is 11.9. The van der Waals surface area contributed by atoms with Gasteiger partial charge in [0.15, 0.2) is 0 Å². The van der Waals surface area contributed by atoms with Crippen LogP contribution >= 0.6 is 0 Å². The van der Waals surface area contributed by atoms with Crippen LogP contribution in [0.15, 0.2) is 18.2 Å². The molecule has 0 spiro atoms. The average Bonchev–Trinajstić information content (AvgIpc) is 3.32. The van der Waals surface area contributed by atoms with E-state index in [0.29, 0.717) is 42.7 Å². The minimum atomic E-state index is -0.731. The quantitative estimate of drug-likeness (QED) is 0.787. The second-order valence-electron chi connectivity index (χ2n) is 5.76. The lowest BCUT2D eigenvalue weighted by atomic mass is 10.2. The van der Waals surface area contributed by atoms with Crippen LogP contribution in [0.3, 0.4) is 0 Å². The van der Waals surface area contributed by atoms with Crippen LogP contribution in [0.25, 0.3) is 0 Å². The first kappa shape index (κ1) is 16.1. The van der Waals surface area contributed by atoms with Crippen molar-refractivity contribution in [2.75, 3.05) is 37.0 Å². The number of rotatable bonds is 5. The lowest BCUT2D eigenvalue weighted by molar-refractivity contribution is -0.136. The number of ether oxygens (including phenoxy) is 2. The monoisotopic (exact) mass is 333 g/mol. The van der Waals surface area contributed by atoms with Gasteiger partial charge in [-0.05, 0) is 30.9 Å². The molecule has 0 atom stereocenters. The zero-order valence-electron chi connectivity index (χ0n) is 13.3. The Morgan fingerprint density at radius 2 is 2.12 bits per heavy atom. The molecule has 0 unspecified atom stereocenters. The summed E-state index contributed by atoms with van der Waals surface area (Å²) in [7, 11) is 1.47. The third kappa shape index (κ3) is 3.58. The Balaban J connectivity index is 1.66. The van der Waals surface area contributed by atoms with Gasteiger partial charge < -0.3 is 20.1 Å². The molecule has 2 N–H and O–H groups in total. The highest BCUT2D eigenvalue weighted by atomic mass is 16.6. The van der Waals surface area contributed by atoms with Gasteiger partial charge in [-0.1, -0.05) is 0 Å². The molecule has 3 amide bonds. The molecule has 8 heteroatoms. The Morgan fingerprint density at radius 3 is 2.75 bits per heavy atom. The van der Waals surface area contributed by atoms with Crippen molar-refractivity contribution in [2.24, 2.45) is 5.92 Å². The molecule has 24 heavy (non-hydrogen) atoms. The predicted molar refractivity (Wildman–Crippen MR) is 86.1 cm³/mol. The van der Waals surface area contributed by atoms with Gasteiger partial charge in [-0.3, -0.25) is 14.5 Å². The summed E-state index contributed by atoms with van der Waals surface area (Å²) < 4.78 is 10.2. The molecule has 8 nitrogen and oxygen atoms in total. The molecule has 128 valence electrons. The summed E-state index contributed by atoms with van der Waals surface area (Å²) in [6.45, 7) is 1.29. The van der Waals surface area contributed by atoms with E-state index in [2.05, 4.69) is 10.6 Å². The van der Waals surface area contributed by atoms with Crippen LogP contribution in [0.1, 0.15) is 12.8 Å². The fourth-order valence-corrected chi connectivity index (χ4v) is 2.42. The lowest BCUT2D eigenvalue weighted by Gasteiger charge is -2.17. The highest BCUT2D eigenvalue weighted by Crippen LogP contribution is 2.33. The first-order valence-corrected chi connectivity index (χ1v) is 7.80. The van der Waals surface area contributed by atoms with Gasteiger partial charge in [-0.25, -0.2) is 4.79 Å². The number of benzene rings is 1. The first-order valence-electron chi connectivity index (χ1n) is 7.80. The normalized spacial score (nSPS) is 16.5. The molecule has 1 heterocycles. The molecule has 2 aliphatic rings. The molecule has 0 aromatic heterocycles. The number of hydrogen-bond acceptors (Lipinski definition) is 5. The number of nitrogens with one attached hydrogen (secondary N) is 2. The molecule has 1 aliphatic carbocycles. The van der Waals surface area contributed by atoms with Gasteiger partial charge in [0.05, 0.1) is 19.3 Å². The molecule has 1 aromatic carbocycles. The number of cyclic esters (lactones) is 1. The van der Waals surface area contributed by atoms with Gasteiger partial charge >= 0.3 is 17.9 Å². The minimum Gasteiger partial charge on any atom is -0.494 e. The highest BCUT2D eigenvalue weighted by molar-refractivity contribution is 6.39. The predicted octanol–water partition coefficient (Wildman–Crippen LogP) is 1.12.